The molecule has 2 nitrogen and oxygen atoms in total. The molecule has 11 aromatic rings. The van der Waals surface area contributed by atoms with Crippen LogP contribution in [0.1, 0.15) is 0 Å². The molecule has 0 aliphatic heterocycles. The standard InChI is InChI=1S/C54H36N2S/c1-3-15-38(16-4-1)46-22-9-11-27-50(46)55(42-33-29-39(30-34-42)45-24-13-18-37-17-7-8-21-44(37)45)43-35-31-40(32-36-43)47-25-14-26-49-52-54(57-53(47)49)48-23-10-12-28-51(48)56(52)41-19-5-2-6-20-41/h1-36H. The summed E-state index contributed by atoms with van der Waals surface area (Å²) in [4.78, 5) is 2.40. The third-order valence-electron chi connectivity index (χ3n) is 11.2. The molecule has 0 aliphatic rings. The molecule has 0 aliphatic carbocycles. The molecule has 0 unspecified atom stereocenters. The highest BCUT2D eigenvalue weighted by Gasteiger charge is 2.21. The van der Waals surface area contributed by atoms with Crippen molar-refractivity contribution in [3.05, 3.63) is 218 Å². The Bertz CT molecular complexity index is 3210. The van der Waals surface area contributed by atoms with Gasteiger partial charge in [0.05, 0.1) is 21.4 Å². The van der Waals surface area contributed by atoms with Crippen LogP contribution in [0, 0.1) is 0 Å². The van der Waals surface area contributed by atoms with E-state index < -0.39 is 0 Å². The average Bonchev–Trinajstić information content (AvgIpc) is 3.83. The van der Waals surface area contributed by atoms with Crippen LogP contribution in [0.5, 0.6) is 0 Å². The molecule has 2 aromatic heterocycles. The molecule has 3 heteroatoms. The predicted octanol–water partition coefficient (Wildman–Crippen LogP) is 15.6. The van der Waals surface area contributed by atoms with Crippen LogP contribution in [-0.4, -0.2) is 4.57 Å². The summed E-state index contributed by atoms with van der Waals surface area (Å²) in [6, 6.07) is 79.1. The van der Waals surface area contributed by atoms with Gasteiger partial charge in [0.2, 0.25) is 0 Å². The number of anilines is 3. The summed E-state index contributed by atoms with van der Waals surface area (Å²) in [6.45, 7) is 0. The number of rotatable bonds is 7. The van der Waals surface area contributed by atoms with Gasteiger partial charge >= 0.3 is 0 Å². The molecule has 0 amide bonds. The van der Waals surface area contributed by atoms with Gasteiger partial charge < -0.3 is 9.47 Å². The van der Waals surface area contributed by atoms with Crippen molar-refractivity contribution in [2.75, 3.05) is 4.90 Å². The van der Waals surface area contributed by atoms with E-state index in [2.05, 4.69) is 228 Å². The predicted molar refractivity (Wildman–Crippen MR) is 245 cm³/mol. The van der Waals surface area contributed by atoms with Gasteiger partial charge in [0, 0.05) is 38.1 Å². The second-order valence-corrected chi connectivity index (χ2v) is 15.5. The van der Waals surface area contributed by atoms with E-state index in [1.807, 2.05) is 11.3 Å². The maximum atomic E-state index is 2.43. The van der Waals surface area contributed by atoms with Gasteiger partial charge in [0.1, 0.15) is 0 Å². The van der Waals surface area contributed by atoms with E-state index in [9.17, 15) is 0 Å². The molecule has 0 saturated carbocycles. The number of fused-ring (bicyclic) bond motifs is 6. The zero-order valence-corrected chi connectivity index (χ0v) is 31.9. The Hall–Kier alpha value is -7.20. The van der Waals surface area contributed by atoms with Crippen molar-refractivity contribution in [2.24, 2.45) is 0 Å². The lowest BCUT2D eigenvalue weighted by molar-refractivity contribution is 1.19. The highest BCUT2D eigenvalue weighted by atomic mass is 32.1. The van der Waals surface area contributed by atoms with Crippen molar-refractivity contribution >= 4 is 70.4 Å². The lowest BCUT2D eigenvalue weighted by atomic mass is 9.97. The molecular weight excluding hydrogens is 709 g/mol. The fourth-order valence-electron chi connectivity index (χ4n) is 8.58. The van der Waals surface area contributed by atoms with Crippen molar-refractivity contribution < 1.29 is 0 Å². The van der Waals surface area contributed by atoms with Gasteiger partial charge in [0.15, 0.2) is 0 Å². The molecule has 0 spiro atoms. The minimum absolute atomic E-state index is 1.10. The number of aromatic nitrogens is 1. The minimum atomic E-state index is 1.10. The Labute approximate surface area is 335 Å². The molecule has 9 aromatic carbocycles. The van der Waals surface area contributed by atoms with Crippen LogP contribution in [0.15, 0.2) is 218 Å². The summed E-state index contributed by atoms with van der Waals surface area (Å²) in [7, 11) is 0. The zero-order chi connectivity index (χ0) is 37.7. The first kappa shape index (κ1) is 33.2. The van der Waals surface area contributed by atoms with Gasteiger partial charge in [-0.1, -0.05) is 170 Å². The quantitative estimate of drug-likeness (QED) is 0.158. The smallest absolute Gasteiger partial charge is 0.0727 e. The van der Waals surface area contributed by atoms with E-state index in [1.165, 1.54) is 81.0 Å². The summed E-state index contributed by atoms with van der Waals surface area (Å²) in [6.07, 6.45) is 0. The lowest BCUT2D eigenvalue weighted by Gasteiger charge is -2.28. The molecule has 2 heterocycles. The van der Waals surface area contributed by atoms with E-state index in [1.54, 1.807) is 0 Å². The van der Waals surface area contributed by atoms with Crippen molar-refractivity contribution in [3.8, 4) is 39.1 Å². The first-order valence-corrected chi connectivity index (χ1v) is 20.3. The van der Waals surface area contributed by atoms with Crippen molar-refractivity contribution in [1.82, 2.24) is 4.57 Å². The maximum Gasteiger partial charge on any atom is 0.0727 e. The molecule has 0 bridgehead atoms. The number of para-hydroxylation sites is 3. The Kier molecular flexibility index (Phi) is 8.04. The van der Waals surface area contributed by atoms with Gasteiger partial charge in [-0.3, -0.25) is 0 Å². The Morgan fingerprint density at radius 2 is 0.877 bits per heavy atom. The Balaban J connectivity index is 1.04. The Morgan fingerprint density at radius 1 is 0.351 bits per heavy atom. The average molecular weight is 745 g/mol. The SMILES string of the molecule is c1ccc(-c2ccccc2N(c2ccc(-c3cccc4ccccc34)cc2)c2ccc(-c3cccc4c3sc3c5ccccc5n(-c5ccccc5)c43)cc2)cc1. The minimum Gasteiger partial charge on any atom is -0.310 e. The second-order valence-electron chi connectivity index (χ2n) is 14.5. The molecular formula is C54H36N2S. The summed E-state index contributed by atoms with van der Waals surface area (Å²) >= 11 is 1.90. The van der Waals surface area contributed by atoms with Gasteiger partial charge in [0.25, 0.3) is 0 Å². The lowest BCUT2D eigenvalue weighted by Crippen LogP contribution is -2.11. The maximum absolute atomic E-state index is 2.43. The molecule has 0 fully saturated rings. The number of thiophene rings is 1. The summed E-state index contributed by atoms with van der Waals surface area (Å²) in [5, 5.41) is 5.08. The van der Waals surface area contributed by atoms with E-state index in [0.29, 0.717) is 0 Å². The monoisotopic (exact) mass is 744 g/mol. The van der Waals surface area contributed by atoms with E-state index in [0.717, 1.165) is 17.1 Å². The third kappa shape index (κ3) is 5.63. The highest BCUT2D eigenvalue weighted by molar-refractivity contribution is 7.27. The first-order valence-electron chi connectivity index (χ1n) is 19.4. The number of nitrogens with zero attached hydrogens (tertiary/aromatic N) is 2. The van der Waals surface area contributed by atoms with Gasteiger partial charge in [-0.2, -0.15) is 0 Å². The fraction of sp³-hybridized carbons (Fsp3) is 0. The molecule has 0 N–H and O–H groups in total. The number of hydrogen-bond donors (Lipinski definition) is 0. The van der Waals surface area contributed by atoms with Crippen LogP contribution < -0.4 is 4.90 Å². The normalized spacial score (nSPS) is 11.5. The van der Waals surface area contributed by atoms with Crippen LogP contribution in [0.4, 0.5) is 17.1 Å². The summed E-state index contributed by atoms with van der Waals surface area (Å²) in [5.74, 6) is 0. The Morgan fingerprint density at radius 3 is 1.65 bits per heavy atom. The fourth-order valence-corrected chi connectivity index (χ4v) is 9.93. The van der Waals surface area contributed by atoms with Crippen LogP contribution in [0.2, 0.25) is 0 Å². The molecule has 11 rings (SSSR count). The van der Waals surface area contributed by atoms with E-state index in [-0.39, 0.29) is 0 Å². The number of benzene rings is 9. The molecule has 57 heavy (non-hydrogen) atoms. The van der Waals surface area contributed by atoms with Crippen molar-refractivity contribution in [3.63, 3.8) is 0 Å². The van der Waals surface area contributed by atoms with Crippen LogP contribution in [0.3, 0.4) is 0 Å². The van der Waals surface area contributed by atoms with Gasteiger partial charge in [-0.25, -0.2) is 0 Å². The topological polar surface area (TPSA) is 8.17 Å². The largest absolute Gasteiger partial charge is 0.310 e. The van der Waals surface area contributed by atoms with Crippen molar-refractivity contribution in [2.45, 2.75) is 0 Å². The van der Waals surface area contributed by atoms with Crippen LogP contribution in [-0.2, 0) is 0 Å². The van der Waals surface area contributed by atoms with Crippen LogP contribution in [0.25, 0.3) is 81.0 Å². The first-order chi connectivity index (χ1) is 28.3. The highest BCUT2D eigenvalue weighted by Crippen LogP contribution is 2.47. The van der Waals surface area contributed by atoms with E-state index in [4.69, 9.17) is 0 Å². The van der Waals surface area contributed by atoms with Gasteiger partial charge in [-0.05, 0) is 87.1 Å². The summed E-state index contributed by atoms with van der Waals surface area (Å²) < 4.78 is 5.06. The third-order valence-corrected chi connectivity index (χ3v) is 12.5. The van der Waals surface area contributed by atoms with E-state index >= 15 is 0 Å². The molecule has 0 atom stereocenters. The van der Waals surface area contributed by atoms with Crippen LogP contribution >= 0.6 is 11.3 Å². The van der Waals surface area contributed by atoms with Gasteiger partial charge in [-0.15, -0.1) is 11.3 Å². The molecule has 0 saturated heterocycles. The van der Waals surface area contributed by atoms with Crippen molar-refractivity contribution in [1.29, 1.82) is 0 Å². The molecule has 0 radical (unpaired) electrons. The molecule has 268 valence electrons. The second kappa shape index (κ2) is 13.8. The summed E-state index contributed by atoms with van der Waals surface area (Å²) in [5.41, 5.74) is 14.3. The number of hydrogen-bond acceptors (Lipinski definition) is 2. The zero-order valence-electron chi connectivity index (χ0n) is 31.1.